The van der Waals surface area contributed by atoms with Crippen LogP contribution < -0.4 is 0 Å². The standard InChI is InChI=1S/C20H22O7/c1-8(2)6-12(21)25-11-7-9(3)14-15(22)17-19(5,27-17)20(14,24)16-13(11)10(4)18(23)26-16/h6,11,13,16-17,24H,4,7H2,1-3,5H3. The molecule has 1 saturated carbocycles. The molecule has 4 rings (SSSR count). The zero-order valence-corrected chi connectivity index (χ0v) is 15.7. The molecule has 0 radical (unpaired) electrons. The lowest BCUT2D eigenvalue weighted by atomic mass is 9.76. The van der Waals surface area contributed by atoms with Gasteiger partial charge in [-0.1, -0.05) is 17.7 Å². The molecule has 7 heteroatoms. The quantitative estimate of drug-likeness (QED) is 0.439. The smallest absolute Gasteiger partial charge is 0.334 e. The summed E-state index contributed by atoms with van der Waals surface area (Å²) in [5.74, 6) is -2.29. The van der Waals surface area contributed by atoms with Gasteiger partial charge < -0.3 is 19.3 Å². The number of epoxide rings is 1. The third-order valence-electron chi connectivity index (χ3n) is 6.07. The molecular formula is C20H22O7. The van der Waals surface area contributed by atoms with E-state index in [2.05, 4.69) is 6.58 Å². The Bertz CT molecular complexity index is 862. The Morgan fingerprint density at radius 1 is 1.37 bits per heavy atom. The van der Waals surface area contributed by atoms with Gasteiger partial charge in [0, 0.05) is 23.6 Å². The first-order valence-corrected chi connectivity index (χ1v) is 8.92. The fourth-order valence-electron chi connectivity index (χ4n) is 4.74. The number of aliphatic hydroxyl groups is 1. The average Bonchev–Trinajstić information content (AvgIpc) is 3.13. The van der Waals surface area contributed by atoms with Gasteiger partial charge in [-0.3, -0.25) is 4.79 Å². The van der Waals surface area contributed by atoms with E-state index in [0.717, 1.165) is 5.57 Å². The first kappa shape index (κ1) is 18.1. The van der Waals surface area contributed by atoms with Crippen molar-refractivity contribution in [3.63, 3.8) is 0 Å². The average molecular weight is 374 g/mol. The second kappa shape index (κ2) is 5.39. The topological polar surface area (TPSA) is 102 Å². The van der Waals surface area contributed by atoms with Crippen LogP contribution in [0.3, 0.4) is 0 Å². The molecule has 0 aromatic carbocycles. The number of ether oxygens (including phenoxy) is 3. The van der Waals surface area contributed by atoms with E-state index in [0.29, 0.717) is 5.57 Å². The zero-order chi connectivity index (χ0) is 19.9. The third kappa shape index (κ3) is 2.18. The summed E-state index contributed by atoms with van der Waals surface area (Å²) in [6.45, 7) is 10.7. The van der Waals surface area contributed by atoms with Crippen molar-refractivity contribution < 1.29 is 33.7 Å². The summed E-state index contributed by atoms with van der Waals surface area (Å²) in [4.78, 5) is 37.2. The van der Waals surface area contributed by atoms with Gasteiger partial charge in [0.15, 0.2) is 17.5 Å². The Hall–Kier alpha value is -2.25. The molecule has 27 heavy (non-hydrogen) atoms. The summed E-state index contributed by atoms with van der Waals surface area (Å²) in [5.41, 5.74) is -1.25. The van der Waals surface area contributed by atoms with Gasteiger partial charge in [-0.05, 0) is 27.7 Å². The number of carbonyl (C=O) groups excluding carboxylic acids is 3. The minimum Gasteiger partial charge on any atom is -0.458 e. The molecule has 4 aliphatic rings. The normalized spacial score (nSPS) is 42.0. The van der Waals surface area contributed by atoms with E-state index < -0.39 is 47.4 Å². The number of hydrogen-bond acceptors (Lipinski definition) is 7. The predicted octanol–water partition coefficient (Wildman–Crippen LogP) is 1.15. The molecule has 1 N–H and O–H groups in total. The van der Waals surface area contributed by atoms with Crippen molar-refractivity contribution in [2.45, 2.75) is 63.6 Å². The van der Waals surface area contributed by atoms with E-state index in [4.69, 9.17) is 14.2 Å². The maximum absolute atomic E-state index is 12.8. The molecular weight excluding hydrogens is 352 g/mol. The van der Waals surface area contributed by atoms with Crippen LogP contribution >= 0.6 is 0 Å². The van der Waals surface area contributed by atoms with Crippen LogP contribution in [-0.4, -0.2) is 52.3 Å². The predicted molar refractivity (Wildman–Crippen MR) is 92.4 cm³/mol. The maximum atomic E-state index is 12.8. The molecule has 0 aromatic heterocycles. The van der Waals surface area contributed by atoms with Gasteiger partial charge in [-0.15, -0.1) is 0 Å². The van der Waals surface area contributed by atoms with Gasteiger partial charge in [0.2, 0.25) is 0 Å². The van der Waals surface area contributed by atoms with Gasteiger partial charge >= 0.3 is 11.9 Å². The lowest BCUT2D eigenvalue weighted by Crippen LogP contribution is -2.56. The minimum absolute atomic E-state index is 0.123. The monoisotopic (exact) mass is 374 g/mol. The van der Waals surface area contributed by atoms with Gasteiger partial charge in [-0.25, -0.2) is 9.59 Å². The summed E-state index contributed by atoms with van der Waals surface area (Å²) < 4.78 is 16.6. The van der Waals surface area contributed by atoms with Crippen molar-refractivity contribution in [3.05, 3.63) is 34.9 Å². The summed E-state index contributed by atoms with van der Waals surface area (Å²) in [5, 5.41) is 11.6. The first-order valence-electron chi connectivity index (χ1n) is 8.92. The highest BCUT2D eigenvalue weighted by Crippen LogP contribution is 2.62. The Balaban J connectivity index is 1.82. The zero-order valence-electron chi connectivity index (χ0n) is 15.7. The van der Waals surface area contributed by atoms with Crippen LogP contribution in [0.2, 0.25) is 0 Å². The largest absolute Gasteiger partial charge is 0.458 e. The highest BCUT2D eigenvalue weighted by atomic mass is 16.6. The lowest BCUT2D eigenvalue weighted by molar-refractivity contribution is -0.163. The molecule has 2 saturated heterocycles. The summed E-state index contributed by atoms with van der Waals surface area (Å²) >= 11 is 0. The van der Waals surface area contributed by atoms with E-state index in [-0.39, 0.29) is 23.4 Å². The van der Waals surface area contributed by atoms with E-state index in [9.17, 15) is 19.5 Å². The van der Waals surface area contributed by atoms with Crippen LogP contribution in [0.4, 0.5) is 0 Å². The van der Waals surface area contributed by atoms with Crippen LogP contribution in [-0.2, 0) is 28.6 Å². The van der Waals surface area contributed by atoms with Crippen LogP contribution in [0.5, 0.6) is 0 Å². The maximum Gasteiger partial charge on any atom is 0.334 e. The molecule has 0 amide bonds. The van der Waals surface area contributed by atoms with Gasteiger partial charge in [0.25, 0.3) is 0 Å². The van der Waals surface area contributed by atoms with Crippen LogP contribution in [0.1, 0.15) is 34.1 Å². The van der Waals surface area contributed by atoms with Crippen molar-refractivity contribution in [2.75, 3.05) is 0 Å². The summed E-state index contributed by atoms with van der Waals surface area (Å²) in [6, 6.07) is 0. The second-order valence-electron chi connectivity index (χ2n) is 8.17. The highest BCUT2D eigenvalue weighted by molar-refractivity contribution is 6.09. The molecule has 0 aromatic rings. The molecule has 0 spiro atoms. The second-order valence-corrected chi connectivity index (χ2v) is 8.17. The van der Waals surface area contributed by atoms with Crippen LogP contribution in [0.25, 0.3) is 0 Å². The number of esters is 2. The van der Waals surface area contributed by atoms with Crippen molar-refractivity contribution in [3.8, 4) is 0 Å². The van der Waals surface area contributed by atoms with Crippen molar-refractivity contribution >= 4 is 17.7 Å². The molecule has 3 fully saturated rings. The molecule has 144 valence electrons. The summed E-state index contributed by atoms with van der Waals surface area (Å²) in [7, 11) is 0. The number of fused-ring (bicyclic) bond motifs is 5. The molecule has 7 nitrogen and oxygen atoms in total. The summed E-state index contributed by atoms with van der Waals surface area (Å²) in [6.07, 6.45) is -1.08. The van der Waals surface area contributed by atoms with Crippen LogP contribution in [0, 0.1) is 5.92 Å². The number of rotatable bonds is 2. The number of Topliss-reactive ketones (excluding diaryl/α,β-unsaturated/α-hetero) is 1. The van der Waals surface area contributed by atoms with E-state index in [1.807, 2.05) is 0 Å². The van der Waals surface area contributed by atoms with Crippen molar-refractivity contribution in [1.82, 2.24) is 0 Å². The fourth-order valence-corrected chi connectivity index (χ4v) is 4.74. The number of ketones is 1. The minimum atomic E-state index is -1.80. The molecule has 2 aliphatic carbocycles. The number of hydrogen-bond donors (Lipinski definition) is 1. The first-order chi connectivity index (χ1) is 12.5. The van der Waals surface area contributed by atoms with Crippen molar-refractivity contribution in [2.24, 2.45) is 5.92 Å². The highest BCUT2D eigenvalue weighted by Gasteiger charge is 2.82. The number of carbonyl (C=O) groups is 3. The lowest BCUT2D eigenvalue weighted by Gasteiger charge is -2.37. The fraction of sp³-hybridized carbons (Fsp3) is 0.550. The van der Waals surface area contributed by atoms with Gasteiger partial charge in [0.1, 0.15) is 17.8 Å². The Kier molecular flexibility index (Phi) is 3.62. The SMILES string of the molecule is C=C1C(=O)OC2C1C(OC(=O)C=C(C)C)CC(C)=C1C(=O)C3OC3(C)C12O. The van der Waals surface area contributed by atoms with E-state index in [1.165, 1.54) is 6.08 Å². The Morgan fingerprint density at radius 2 is 2.04 bits per heavy atom. The van der Waals surface area contributed by atoms with Crippen molar-refractivity contribution in [1.29, 1.82) is 0 Å². The molecule has 0 bridgehead atoms. The van der Waals surface area contributed by atoms with Gasteiger partial charge in [-0.2, -0.15) is 0 Å². The molecule has 6 unspecified atom stereocenters. The number of allylic oxidation sites excluding steroid dienone is 1. The molecule has 6 atom stereocenters. The van der Waals surface area contributed by atoms with Gasteiger partial charge in [0.05, 0.1) is 5.92 Å². The molecule has 2 aliphatic heterocycles. The third-order valence-corrected chi connectivity index (χ3v) is 6.07. The molecule has 2 heterocycles. The Morgan fingerprint density at radius 3 is 2.67 bits per heavy atom. The van der Waals surface area contributed by atoms with E-state index in [1.54, 1.807) is 27.7 Å². The van der Waals surface area contributed by atoms with E-state index >= 15 is 0 Å². The Labute approximate surface area is 156 Å². The van der Waals surface area contributed by atoms with Crippen LogP contribution in [0.15, 0.2) is 34.9 Å².